The van der Waals surface area contributed by atoms with Crippen molar-refractivity contribution in [3.63, 3.8) is 0 Å². The smallest absolute Gasteiger partial charge is 0.241 e. The van der Waals surface area contributed by atoms with Crippen LogP contribution in [0.5, 0.6) is 0 Å². The molecule has 0 aliphatic carbocycles. The van der Waals surface area contributed by atoms with Crippen LogP contribution in [0.4, 0.5) is 5.69 Å². The van der Waals surface area contributed by atoms with Crippen LogP contribution in [-0.4, -0.2) is 46.2 Å². The second kappa shape index (κ2) is 6.76. The molecule has 1 aliphatic heterocycles. The van der Waals surface area contributed by atoms with Crippen LogP contribution in [0.15, 0.2) is 35.4 Å². The van der Waals surface area contributed by atoms with E-state index in [1.807, 2.05) is 42.5 Å². The summed E-state index contributed by atoms with van der Waals surface area (Å²) in [6.45, 7) is 6.07. The average molecular weight is 330 g/mol. The molecular formula is C17H22N4OS. The standard InChI is InChI=1S/C17H22N4OS/c1-12-9-20(10-14-8-18-13(2)19-14)11-17(22)21(12)15-6-4-5-7-16(15)23-3/h4-8,12H,9-11H2,1-3H3,(H,18,19). The molecule has 0 saturated carbocycles. The first-order chi connectivity index (χ1) is 11.1. The number of aryl methyl sites for hydroxylation is 1. The molecule has 1 atom stereocenters. The quantitative estimate of drug-likeness (QED) is 0.876. The monoisotopic (exact) mass is 330 g/mol. The van der Waals surface area contributed by atoms with Gasteiger partial charge in [0.15, 0.2) is 0 Å². The van der Waals surface area contributed by atoms with Crippen molar-refractivity contribution in [2.24, 2.45) is 0 Å². The Morgan fingerprint density at radius 2 is 2.17 bits per heavy atom. The number of H-pyrrole nitrogens is 1. The topological polar surface area (TPSA) is 52.2 Å². The van der Waals surface area contributed by atoms with Crippen molar-refractivity contribution in [3.8, 4) is 0 Å². The maximum absolute atomic E-state index is 12.7. The van der Waals surface area contributed by atoms with E-state index in [0.717, 1.165) is 35.2 Å². The zero-order valence-electron chi connectivity index (χ0n) is 13.7. The number of nitrogens with zero attached hydrogens (tertiary/aromatic N) is 3. The Bertz CT molecular complexity index is 699. The summed E-state index contributed by atoms with van der Waals surface area (Å²) in [5.74, 6) is 1.06. The van der Waals surface area contributed by atoms with Gasteiger partial charge in [-0.15, -0.1) is 11.8 Å². The third kappa shape index (κ3) is 3.43. The third-order valence-electron chi connectivity index (χ3n) is 4.08. The number of amides is 1. The van der Waals surface area contributed by atoms with Crippen LogP contribution in [-0.2, 0) is 11.3 Å². The third-order valence-corrected chi connectivity index (χ3v) is 4.87. The number of benzene rings is 1. The lowest BCUT2D eigenvalue weighted by molar-refractivity contribution is -0.122. The highest BCUT2D eigenvalue weighted by Crippen LogP contribution is 2.31. The first-order valence-corrected chi connectivity index (χ1v) is 8.99. The van der Waals surface area contributed by atoms with Gasteiger partial charge in [-0.25, -0.2) is 4.98 Å². The minimum absolute atomic E-state index is 0.147. The Labute approximate surface area is 141 Å². The van der Waals surface area contributed by atoms with Gasteiger partial charge in [0.05, 0.1) is 12.2 Å². The zero-order valence-corrected chi connectivity index (χ0v) is 14.6. The van der Waals surface area contributed by atoms with Gasteiger partial charge in [-0.3, -0.25) is 9.69 Å². The molecule has 6 heteroatoms. The molecule has 2 heterocycles. The SMILES string of the molecule is CSc1ccccc1N1C(=O)CN(Cc2cnc(C)[nH]2)CC1C. The zero-order chi connectivity index (χ0) is 16.4. The molecule has 5 nitrogen and oxygen atoms in total. The Morgan fingerprint density at radius 3 is 2.83 bits per heavy atom. The fourth-order valence-electron chi connectivity index (χ4n) is 3.15. The number of rotatable bonds is 4. The number of thioether (sulfide) groups is 1. The Kier molecular flexibility index (Phi) is 4.73. The fourth-order valence-corrected chi connectivity index (χ4v) is 3.74. The number of hydrogen-bond donors (Lipinski definition) is 1. The van der Waals surface area contributed by atoms with Gasteiger partial charge in [-0.05, 0) is 32.2 Å². The van der Waals surface area contributed by atoms with Gasteiger partial charge in [0.1, 0.15) is 5.82 Å². The molecular weight excluding hydrogens is 308 g/mol. The van der Waals surface area contributed by atoms with Crippen LogP contribution in [0.3, 0.4) is 0 Å². The maximum Gasteiger partial charge on any atom is 0.241 e. The highest BCUT2D eigenvalue weighted by atomic mass is 32.2. The normalized spacial score (nSPS) is 19.3. The predicted molar refractivity (Wildman–Crippen MR) is 93.8 cm³/mol. The highest BCUT2D eigenvalue weighted by Gasteiger charge is 2.32. The molecule has 122 valence electrons. The minimum atomic E-state index is 0.147. The van der Waals surface area contributed by atoms with E-state index in [-0.39, 0.29) is 11.9 Å². The first kappa shape index (κ1) is 16.1. The van der Waals surface area contributed by atoms with Crippen molar-refractivity contribution in [3.05, 3.63) is 42.0 Å². The van der Waals surface area contributed by atoms with E-state index in [1.165, 1.54) is 0 Å². The number of hydrogen-bond acceptors (Lipinski definition) is 4. The summed E-state index contributed by atoms with van der Waals surface area (Å²) in [5, 5.41) is 0. The lowest BCUT2D eigenvalue weighted by atomic mass is 10.1. The molecule has 0 spiro atoms. The van der Waals surface area contributed by atoms with Gasteiger partial charge in [-0.1, -0.05) is 12.1 Å². The Hall–Kier alpha value is -1.79. The van der Waals surface area contributed by atoms with Gasteiger partial charge >= 0.3 is 0 Å². The lowest BCUT2D eigenvalue weighted by Gasteiger charge is -2.40. The van der Waals surface area contributed by atoms with Crippen molar-refractivity contribution in [2.45, 2.75) is 31.3 Å². The molecule has 1 fully saturated rings. The van der Waals surface area contributed by atoms with Crippen LogP contribution in [0, 0.1) is 6.92 Å². The van der Waals surface area contributed by atoms with Crippen LogP contribution in [0.1, 0.15) is 18.4 Å². The number of para-hydroxylation sites is 1. The summed E-state index contributed by atoms with van der Waals surface area (Å²) in [5.41, 5.74) is 2.08. The van der Waals surface area contributed by atoms with Gasteiger partial charge in [0, 0.05) is 35.9 Å². The van der Waals surface area contributed by atoms with E-state index < -0.39 is 0 Å². The van der Waals surface area contributed by atoms with E-state index >= 15 is 0 Å². The molecule has 1 N–H and O–H groups in total. The number of nitrogens with one attached hydrogen (secondary N) is 1. The van der Waals surface area contributed by atoms with E-state index in [4.69, 9.17) is 0 Å². The number of aromatic nitrogens is 2. The molecule has 3 rings (SSSR count). The van der Waals surface area contributed by atoms with E-state index in [0.29, 0.717) is 6.54 Å². The van der Waals surface area contributed by atoms with Crippen LogP contribution < -0.4 is 4.90 Å². The van der Waals surface area contributed by atoms with Crippen LogP contribution in [0.2, 0.25) is 0 Å². The van der Waals surface area contributed by atoms with Crippen LogP contribution in [0.25, 0.3) is 0 Å². The molecule has 0 radical (unpaired) electrons. The molecule has 1 aromatic carbocycles. The number of imidazole rings is 1. The fraction of sp³-hybridized carbons (Fsp3) is 0.412. The van der Waals surface area contributed by atoms with Gasteiger partial charge in [0.25, 0.3) is 0 Å². The molecule has 1 saturated heterocycles. The van der Waals surface area contributed by atoms with Gasteiger partial charge in [-0.2, -0.15) is 0 Å². The summed E-state index contributed by atoms with van der Waals surface area (Å²) >= 11 is 1.68. The number of carbonyl (C=O) groups is 1. The summed E-state index contributed by atoms with van der Waals surface area (Å²) in [6, 6.07) is 8.26. The average Bonchev–Trinajstić information content (AvgIpc) is 2.92. The molecule has 1 unspecified atom stereocenters. The first-order valence-electron chi connectivity index (χ1n) is 7.76. The number of carbonyl (C=O) groups excluding carboxylic acids is 1. The molecule has 1 amide bonds. The van der Waals surface area contributed by atoms with Gasteiger partial charge in [0.2, 0.25) is 5.91 Å². The Balaban J connectivity index is 1.76. The van der Waals surface area contributed by atoms with E-state index in [9.17, 15) is 4.79 Å². The summed E-state index contributed by atoms with van der Waals surface area (Å²) in [7, 11) is 0. The minimum Gasteiger partial charge on any atom is -0.345 e. The van der Waals surface area contributed by atoms with Gasteiger partial charge < -0.3 is 9.88 Å². The number of aromatic amines is 1. The van der Waals surface area contributed by atoms with Crippen molar-refractivity contribution >= 4 is 23.4 Å². The predicted octanol–water partition coefficient (Wildman–Crippen LogP) is 2.68. The lowest BCUT2D eigenvalue weighted by Crippen LogP contribution is -2.55. The second-order valence-electron chi connectivity index (χ2n) is 5.95. The van der Waals surface area contributed by atoms with E-state index in [1.54, 1.807) is 11.8 Å². The van der Waals surface area contributed by atoms with Crippen molar-refractivity contribution in [2.75, 3.05) is 24.2 Å². The van der Waals surface area contributed by atoms with Crippen molar-refractivity contribution in [1.82, 2.24) is 14.9 Å². The van der Waals surface area contributed by atoms with Crippen molar-refractivity contribution < 1.29 is 4.79 Å². The second-order valence-corrected chi connectivity index (χ2v) is 6.80. The number of piperazine rings is 1. The molecule has 2 aromatic rings. The highest BCUT2D eigenvalue weighted by molar-refractivity contribution is 7.98. The van der Waals surface area contributed by atoms with Crippen LogP contribution >= 0.6 is 11.8 Å². The summed E-state index contributed by atoms with van der Waals surface area (Å²) in [6.07, 6.45) is 3.89. The number of anilines is 1. The Morgan fingerprint density at radius 1 is 1.39 bits per heavy atom. The largest absolute Gasteiger partial charge is 0.345 e. The molecule has 23 heavy (non-hydrogen) atoms. The van der Waals surface area contributed by atoms with E-state index in [2.05, 4.69) is 27.9 Å². The van der Waals surface area contributed by atoms with Crippen molar-refractivity contribution in [1.29, 1.82) is 0 Å². The maximum atomic E-state index is 12.7. The molecule has 1 aliphatic rings. The summed E-state index contributed by atoms with van der Waals surface area (Å²) in [4.78, 5) is 25.5. The molecule has 1 aromatic heterocycles. The summed E-state index contributed by atoms with van der Waals surface area (Å²) < 4.78 is 0. The molecule has 0 bridgehead atoms.